The first-order chi connectivity index (χ1) is 4.86. The predicted molar refractivity (Wildman–Crippen MR) is 37.4 cm³/mol. The van der Waals surface area contributed by atoms with Crippen LogP contribution in [0.4, 0.5) is 0 Å². The van der Waals surface area contributed by atoms with Crippen molar-refractivity contribution in [2.45, 2.75) is 0 Å². The second-order valence-corrected chi connectivity index (χ2v) is 2.58. The normalized spacial score (nSPS) is 20.0. The molecule has 1 aliphatic rings. The molecule has 0 aromatic rings. The van der Waals surface area contributed by atoms with Gasteiger partial charge in [0.2, 0.25) is 0 Å². The van der Waals surface area contributed by atoms with Crippen LogP contribution >= 0.6 is 0 Å². The average molecular weight is 140 g/mol. The van der Waals surface area contributed by atoms with Crippen LogP contribution in [0.15, 0.2) is 0 Å². The van der Waals surface area contributed by atoms with Gasteiger partial charge < -0.3 is 4.74 Å². The van der Waals surface area contributed by atoms with Gasteiger partial charge in [-0.2, -0.15) is 5.26 Å². The lowest BCUT2D eigenvalue weighted by Gasteiger charge is -2.34. The highest BCUT2D eigenvalue weighted by molar-refractivity contribution is 4.94. The van der Waals surface area contributed by atoms with Crippen molar-refractivity contribution in [1.82, 2.24) is 4.90 Å². The smallest absolute Gasteiger partial charge is 0.0717 e. The molecule has 56 valence electrons. The molecular formula is C7H12N2O. The van der Waals surface area contributed by atoms with Gasteiger partial charge in [-0.25, -0.2) is 0 Å². The first kappa shape index (κ1) is 7.52. The van der Waals surface area contributed by atoms with Crippen LogP contribution in [0.1, 0.15) is 0 Å². The lowest BCUT2D eigenvalue weighted by atomic mass is 10.0. The van der Waals surface area contributed by atoms with E-state index in [1.54, 1.807) is 7.11 Å². The van der Waals surface area contributed by atoms with Crippen molar-refractivity contribution in [3.63, 3.8) is 0 Å². The zero-order valence-electron chi connectivity index (χ0n) is 6.21. The van der Waals surface area contributed by atoms with Gasteiger partial charge in [-0.15, -0.1) is 0 Å². The third-order valence-corrected chi connectivity index (χ3v) is 1.75. The highest BCUT2D eigenvalue weighted by Gasteiger charge is 2.25. The molecule has 0 amide bonds. The first-order valence-electron chi connectivity index (χ1n) is 3.47. The highest BCUT2D eigenvalue weighted by Crippen LogP contribution is 2.12. The van der Waals surface area contributed by atoms with Crippen molar-refractivity contribution in [2.24, 2.45) is 5.92 Å². The fourth-order valence-corrected chi connectivity index (χ4v) is 1.05. The van der Waals surface area contributed by atoms with Gasteiger partial charge in [0, 0.05) is 26.7 Å². The van der Waals surface area contributed by atoms with Crippen molar-refractivity contribution < 1.29 is 4.74 Å². The number of hydrogen-bond donors (Lipinski definition) is 0. The Morgan fingerprint density at radius 3 is 2.90 bits per heavy atom. The van der Waals surface area contributed by atoms with Crippen LogP contribution < -0.4 is 0 Å². The van der Waals surface area contributed by atoms with Crippen LogP contribution in [-0.2, 0) is 4.74 Å². The van der Waals surface area contributed by atoms with Crippen molar-refractivity contribution in [2.75, 3.05) is 33.4 Å². The summed E-state index contributed by atoms with van der Waals surface area (Å²) in [5.41, 5.74) is 0. The molecule has 1 heterocycles. The third kappa shape index (κ3) is 1.69. The summed E-state index contributed by atoms with van der Waals surface area (Å²) in [4.78, 5) is 2.22. The Labute approximate surface area is 61.2 Å². The van der Waals surface area contributed by atoms with Crippen LogP contribution in [0.3, 0.4) is 0 Å². The Morgan fingerprint density at radius 1 is 1.70 bits per heavy atom. The van der Waals surface area contributed by atoms with Crippen molar-refractivity contribution in [3.05, 3.63) is 0 Å². The molecule has 0 atom stereocenters. The molecular weight excluding hydrogens is 128 g/mol. The van der Waals surface area contributed by atoms with Crippen LogP contribution in [0.25, 0.3) is 0 Å². The van der Waals surface area contributed by atoms with Gasteiger partial charge in [0.05, 0.1) is 18.6 Å². The monoisotopic (exact) mass is 140 g/mol. The topological polar surface area (TPSA) is 36.3 Å². The summed E-state index contributed by atoms with van der Waals surface area (Å²) < 4.78 is 4.89. The first-order valence-corrected chi connectivity index (χ1v) is 3.47. The van der Waals surface area contributed by atoms with E-state index in [2.05, 4.69) is 11.0 Å². The molecule has 1 aliphatic heterocycles. The molecule has 0 N–H and O–H groups in total. The second-order valence-electron chi connectivity index (χ2n) is 2.58. The summed E-state index contributed by atoms with van der Waals surface area (Å²) >= 11 is 0. The van der Waals surface area contributed by atoms with Crippen molar-refractivity contribution >= 4 is 0 Å². The number of nitriles is 1. The fourth-order valence-electron chi connectivity index (χ4n) is 1.05. The Balaban J connectivity index is 1.99. The van der Waals surface area contributed by atoms with E-state index in [1.807, 2.05) is 0 Å². The summed E-state index contributed by atoms with van der Waals surface area (Å²) in [5, 5.41) is 8.42. The van der Waals surface area contributed by atoms with E-state index in [9.17, 15) is 0 Å². The molecule has 1 saturated heterocycles. The molecule has 0 bridgehead atoms. The molecule has 1 fully saturated rings. The number of methoxy groups -OCH3 is 1. The zero-order chi connectivity index (χ0) is 7.40. The lowest BCUT2D eigenvalue weighted by Crippen LogP contribution is -2.47. The minimum absolute atomic E-state index is 0.275. The minimum Gasteiger partial charge on any atom is -0.383 e. The van der Waals surface area contributed by atoms with Gasteiger partial charge in [0.1, 0.15) is 0 Å². The van der Waals surface area contributed by atoms with Gasteiger partial charge in [0.25, 0.3) is 0 Å². The molecule has 1 rings (SSSR count). The van der Waals surface area contributed by atoms with E-state index in [4.69, 9.17) is 10.00 Å². The molecule has 0 aromatic heterocycles. The van der Waals surface area contributed by atoms with Gasteiger partial charge in [-0.1, -0.05) is 0 Å². The molecule has 3 nitrogen and oxygen atoms in total. The summed E-state index contributed by atoms with van der Waals surface area (Å²) in [5.74, 6) is 0.275. The predicted octanol–water partition coefficient (Wildman–Crippen LogP) is 0.0882. The summed E-state index contributed by atoms with van der Waals surface area (Å²) in [6, 6.07) is 2.23. The largest absolute Gasteiger partial charge is 0.383 e. The maximum Gasteiger partial charge on any atom is 0.0717 e. The molecule has 0 unspecified atom stereocenters. The highest BCUT2D eigenvalue weighted by atomic mass is 16.5. The average Bonchev–Trinajstić information content (AvgIpc) is 1.86. The SMILES string of the molecule is COCCN1CC(C#N)C1. The van der Waals surface area contributed by atoms with E-state index in [0.29, 0.717) is 0 Å². The summed E-state index contributed by atoms with van der Waals surface area (Å²) in [7, 11) is 1.70. The second kappa shape index (κ2) is 3.55. The molecule has 3 heteroatoms. The molecule has 0 saturated carbocycles. The van der Waals surface area contributed by atoms with Gasteiger partial charge in [-0.05, 0) is 0 Å². The number of likely N-dealkylation sites (tertiary alicyclic amines) is 1. The number of nitrogens with zero attached hydrogens (tertiary/aromatic N) is 2. The maximum atomic E-state index is 8.42. The van der Waals surface area contributed by atoms with Crippen LogP contribution in [0.2, 0.25) is 0 Å². The lowest BCUT2D eigenvalue weighted by molar-refractivity contribution is 0.0865. The molecule has 0 aromatic carbocycles. The Hall–Kier alpha value is -0.590. The van der Waals surface area contributed by atoms with Gasteiger partial charge >= 0.3 is 0 Å². The number of rotatable bonds is 3. The molecule has 0 spiro atoms. The molecule has 0 radical (unpaired) electrons. The number of hydrogen-bond acceptors (Lipinski definition) is 3. The molecule has 10 heavy (non-hydrogen) atoms. The Kier molecular flexibility index (Phi) is 2.67. The number of ether oxygens (including phenoxy) is 1. The Morgan fingerprint density at radius 2 is 2.40 bits per heavy atom. The zero-order valence-corrected chi connectivity index (χ0v) is 6.21. The van der Waals surface area contributed by atoms with E-state index in [0.717, 1.165) is 26.2 Å². The van der Waals surface area contributed by atoms with E-state index >= 15 is 0 Å². The van der Waals surface area contributed by atoms with E-state index in [-0.39, 0.29) is 5.92 Å². The van der Waals surface area contributed by atoms with E-state index < -0.39 is 0 Å². The standard InChI is InChI=1S/C7H12N2O/c1-10-3-2-9-5-7(4-8)6-9/h7H,2-3,5-6H2,1H3. The summed E-state index contributed by atoms with van der Waals surface area (Å²) in [6.07, 6.45) is 0. The quantitative estimate of drug-likeness (QED) is 0.557. The summed E-state index contributed by atoms with van der Waals surface area (Å²) in [6.45, 7) is 3.60. The molecule has 0 aliphatic carbocycles. The third-order valence-electron chi connectivity index (χ3n) is 1.75. The van der Waals surface area contributed by atoms with Crippen molar-refractivity contribution in [1.29, 1.82) is 5.26 Å². The van der Waals surface area contributed by atoms with Crippen molar-refractivity contribution in [3.8, 4) is 6.07 Å². The van der Waals surface area contributed by atoms with Crippen LogP contribution in [0, 0.1) is 17.2 Å². The van der Waals surface area contributed by atoms with Crippen LogP contribution in [0.5, 0.6) is 0 Å². The van der Waals surface area contributed by atoms with Crippen LogP contribution in [-0.4, -0.2) is 38.3 Å². The van der Waals surface area contributed by atoms with Gasteiger partial charge in [-0.3, -0.25) is 4.90 Å². The fraction of sp³-hybridized carbons (Fsp3) is 0.857. The van der Waals surface area contributed by atoms with E-state index in [1.165, 1.54) is 0 Å². The minimum atomic E-state index is 0.275. The van der Waals surface area contributed by atoms with Gasteiger partial charge in [0.15, 0.2) is 0 Å². The maximum absolute atomic E-state index is 8.42. The Bertz CT molecular complexity index is 135.